The summed E-state index contributed by atoms with van der Waals surface area (Å²) in [6, 6.07) is 3.33. The quantitative estimate of drug-likeness (QED) is 0.903. The van der Waals surface area contributed by atoms with Crippen LogP contribution in [0.4, 0.5) is 10.1 Å². The Bertz CT molecular complexity index is 402. The highest BCUT2D eigenvalue weighted by Crippen LogP contribution is 2.35. The Hall–Kier alpha value is -0.320. The van der Waals surface area contributed by atoms with Crippen molar-refractivity contribution in [2.24, 2.45) is 0 Å². The summed E-state index contributed by atoms with van der Waals surface area (Å²) in [6.07, 6.45) is 2.30. The third kappa shape index (κ3) is 3.16. The molecule has 1 aromatic carbocycles. The lowest BCUT2D eigenvalue weighted by Gasteiger charge is -2.36. The zero-order valence-corrected chi connectivity index (χ0v) is 12.7. The summed E-state index contributed by atoms with van der Waals surface area (Å²) in [5, 5.41) is 3.97. The molecule has 0 aromatic heterocycles. The topological polar surface area (TPSA) is 15.3 Å². The lowest BCUT2D eigenvalue weighted by atomic mass is 10.1. The van der Waals surface area contributed by atoms with Gasteiger partial charge in [-0.05, 0) is 34.5 Å². The summed E-state index contributed by atoms with van der Waals surface area (Å²) in [4.78, 5) is 2.22. The van der Waals surface area contributed by atoms with E-state index in [4.69, 9.17) is 11.6 Å². The molecule has 0 aliphatic carbocycles. The predicted octanol–water partition coefficient (Wildman–Crippen LogP) is 3.82. The standard InChI is InChI=1S/C13H17BrClFN2/c1-2-3-10-8-18(5-4-17-10)13-11(14)6-9(16)7-12(13)15/h6-7,10,17H,2-5,8H2,1H3. The maximum Gasteiger partial charge on any atom is 0.125 e. The van der Waals surface area contributed by atoms with Crippen molar-refractivity contribution < 1.29 is 4.39 Å². The highest BCUT2D eigenvalue weighted by atomic mass is 79.9. The average molecular weight is 336 g/mol. The van der Waals surface area contributed by atoms with E-state index in [1.165, 1.54) is 12.1 Å². The minimum atomic E-state index is -0.309. The summed E-state index contributed by atoms with van der Waals surface area (Å²) >= 11 is 9.57. The molecule has 1 fully saturated rings. The molecule has 1 aliphatic heterocycles. The van der Waals surface area contributed by atoms with E-state index >= 15 is 0 Å². The largest absolute Gasteiger partial charge is 0.367 e. The van der Waals surface area contributed by atoms with E-state index in [0.717, 1.165) is 42.6 Å². The lowest BCUT2D eigenvalue weighted by Crippen LogP contribution is -2.50. The van der Waals surface area contributed by atoms with Crippen LogP contribution in [0, 0.1) is 5.82 Å². The van der Waals surface area contributed by atoms with Crippen molar-refractivity contribution in [1.82, 2.24) is 5.32 Å². The second-order valence-electron chi connectivity index (χ2n) is 4.60. The van der Waals surface area contributed by atoms with E-state index in [1.807, 2.05) is 0 Å². The fourth-order valence-electron chi connectivity index (χ4n) is 2.41. The Kier molecular flexibility index (Phi) is 4.87. The van der Waals surface area contributed by atoms with Crippen molar-refractivity contribution in [3.8, 4) is 0 Å². The Morgan fingerprint density at radius 1 is 1.56 bits per heavy atom. The average Bonchev–Trinajstić information content (AvgIpc) is 2.28. The van der Waals surface area contributed by atoms with Crippen LogP contribution < -0.4 is 10.2 Å². The highest BCUT2D eigenvalue weighted by Gasteiger charge is 2.22. The van der Waals surface area contributed by atoms with Crippen molar-refractivity contribution in [2.45, 2.75) is 25.8 Å². The Labute approximate surface area is 121 Å². The number of hydrogen-bond acceptors (Lipinski definition) is 2. The van der Waals surface area contributed by atoms with Gasteiger partial charge in [-0.3, -0.25) is 0 Å². The molecule has 0 amide bonds. The van der Waals surface area contributed by atoms with Crippen molar-refractivity contribution in [3.63, 3.8) is 0 Å². The van der Waals surface area contributed by atoms with Crippen LogP contribution in [0.2, 0.25) is 5.02 Å². The van der Waals surface area contributed by atoms with Crippen molar-refractivity contribution in [2.75, 3.05) is 24.5 Å². The van der Waals surface area contributed by atoms with Crippen LogP contribution in [0.1, 0.15) is 19.8 Å². The van der Waals surface area contributed by atoms with Crippen LogP contribution in [0.3, 0.4) is 0 Å². The number of nitrogens with one attached hydrogen (secondary N) is 1. The normalized spacial score (nSPS) is 20.2. The number of halogens is 3. The Morgan fingerprint density at radius 2 is 2.33 bits per heavy atom. The maximum atomic E-state index is 13.2. The molecule has 0 spiro atoms. The second-order valence-corrected chi connectivity index (χ2v) is 5.87. The molecule has 1 aromatic rings. The first-order valence-corrected chi connectivity index (χ1v) is 7.41. The first kappa shape index (κ1) is 14.1. The molecule has 1 N–H and O–H groups in total. The summed E-state index contributed by atoms with van der Waals surface area (Å²) in [5.74, 6) is -0.309. The third-order valence-corrected chi connectivity index (χ3v) is 4.08. The molecule has 1 unspecified atom stereocenters. The van der Waals surface area contributed by atoms with Gasteiger partial charge in [0.1, 0.15) is 5.82 Å². The smallest absolute Gasteiger partial charge is 0.125 e. The van der Waals surface area contributed by atoms with Gasteiger partial charge < -0.3 is 10.2 Å². The molecule has 2 rings (SSSR count). The number of piperazine rings is 1. The predicted molar refractivity (Wildman–Crippen MR) is 78.0 cm³/mol. The molecule has 2 nitrogen and oxygen atoms in total. The molecule has 0 saturated carbocycles. The van der Waals surface area contributed by atoms with Crippen LogP contribution in [0.25, 0.3) is 0 Å². The van der Waals surface area contributed by atoms with Gasteiger partial charge in [-0.25, -0.2) is 4.39 Å². The number of hydrogen-bond donors (Lipinski definition) is 1. The van der Waals surface area contributed by atoms with Crippen molar-refractivity contribution >= 4 is 33.2 Å². The zero-order valence-electron chi connectivity index (χ0n) is 10.3. The molecule has 1 aliphatic rings. The minimum absolute atomic E-state index is 0.309. The molecular formula is C13H17BrClFN2. The fourth-order valence-corrected chi connectivity index (χ4v) is 3.53. The SMILES string of the molecule is CCCC1CN(c2c(Cl)cc(F)cc2Br)CCN1. The summed E-state index contributed by atoms with van der Waals surface area (Å²) in [6.45, 7) is 4.92. The molecule has 100 valence electrons. The lowest BCUT2D eigenvalue weighted by molar-refractivity contribution is 0.430. The molecule has 5 heteroatoms. The monoisotopic (exact) mass is 334 g/mol. The Morgan fingerprint density at radius 3 is 3.00 bits per heavy atom. The molecule has 0 radical (unpaired) electrons. The number of anilines is 1. The molecule has 0 bridgehead atoms. The van der Waals surface area contributed by atoms with E-state index in [9.17, 15) is 4.39 Å². The molecule has 18 heavy (non-hydrogen) atoms. The van der Waals surface area contributed by atoms with Crippen LogP contribution in [-0.2, 0) is 0 Å². The number of benzene rings is 1. The molecule has 1 saturated heterocycles. The molecule has 1 heterocycles. The summed E-state index contributed by atoms with van der Waals surface area (Å²) < 4.78 is 14.0. The Balaban J connectivity index is 2.20. The van der Waals surface area contributed by atoms with E-state index < -0.39 is 0 Å². The molecular weight excluding hydrogens is 319 g/mol. The highest BCUT2D eigenvalue weighted by molar-refractivity contribution is 9.10. The first-order valence-electron chi connectivity index (χ1n) is 6.24. The number of nitrogens with zero attached hydrogens (tertiary/aromatic N) is 1. The van der Waals surface area contributed by atoms with Gasteiger partial charge in [0.25, 0.3) is 0 Å². The maximum absolute atomic E-state index is 13.2. The van der Waals surface area contributed by atoms with Crippen LogP contribution in [0.15, 0.2) is 16.6 Å². The number of rotatable bonds is 3. The van der Waals surface area contributed by atoms with E-state index in [1.54, 1.807) is 0 Å². The van der Waals surface area contributed by atoms with Gasteiger partial charge in [-0.2, -0.15) is 0 Å². The van der Waals surface area contributed by atoms with Gasteiger partial charge >= 0.3 is 0 Å². The summed E-state index contributed by atoms with van der Waals surface area (Å²) in [7, 11) is 0. The minimum Gasteiger partial charge on any atom is -0.367 e. The third-order valence-electron chi connectivity index (χ3n) is 3.19. The first-order chi connectivity index (χ1) is 8.61. The van der Waals surface area contributed by atoms with Crippen molar-refractivity contribution in [3.05, 3.63) is 27.4 Å². The van der Waals surface area contributed by atoms with Crippen LogP contribution in [-0.4, -0.2) is 25.7 Å². The zero-order chi connectivity index (χ0) is 13.1. The van der Waals surface area contributed by atoms with Crippen LogP contribution >= 0.6 is 27.5 Å². The van der Waals surface area contributed by atoms with Crippen molar-refractivity contribution in [1.29, 1.82) is 0 Å². The van der Waals surface area contributed by atoms with Gasteiger partial charge in [-0.1, -0.05) is 24.9 Å². The van der Waals surface area contributed by atoms with E-state index in [0.29, 0.717) is 11.1 Å². The van der Waals surface area contributed by atoms with Gasteiger partial charge in [0, 0.05) is 30.1 Å². The molecule has 1 atom stereocenters. The van der Waals surface area contributed by atoms with Gasteiger partial charge in [0.15, 0.2) is 0 Å². The van der Waals surface area contributed by atoms with Gasteiger partial charge in [-0.15, -0.1) is 0 Å². The van der Waals surface area contributed by atoms with Crippen LogP contribution in [0.5, 0.6) is 0 Å². The van der Waals surface area contributed by atoms with E-state index in [2.05, 4.69) is 33.1 Å². The van der Waals surface area contributed by atoms with E-state index in [-0.39, 0.29) is 5.82 Å². The van der Waals surface area contributed by atoms with Gasteiger partial charge in [0.05, 0.1) is 10.7 Å². The van der Waals surface area contributed by atoms with Gasteiger partial charge in [0.2, 0.25) is 0 Å². The fraction of sp³-hybridized carbons (Fsp3) is 0.538. The summed E-state index contributed by atoms with van der Waals surface area (Å²) in [5.41, 5.74) is 0.903. The second kappa shape index (κ2) is 6.22.